The lowest BCUT2D eigenvalue weighted by Gasteiger charge is -2.24. The van der Waals surface area contributed by atoms with Crippen molar-refractivity contribution in [3.8, 4) is 11.4 Å². The monoisotopic (exact) mass is 340 g/mol. The minimum absolute atomic E-state index is 0.329. The zero-order valence-electron chi connectivity index (χ0n) is 14.8. The number of nitrogens with zero attached hydrogens (tertiary/aromatic N) is 4. The summed E-state index contributed by atoms with van der Waals surface area (Å²) in [4.78, 5) is 13.3. The summed E-state index contributed by atoms with van der Waals surface area (Å²) in [6.45, 7) is 6.38. The lowest BCUT2D eigenvalue weighted by atomic mass is 10.0. The molecule has 4 nitrogen and oxygen atoms in total. The molecule has 0 amide bonds. The van der Waals surface area contributed by atoms with Crippen molar-refractivity contribution in [1.82, 2.24) is 14.9 Å². The fourth-order valence-corrected chi connectivity index (χ4v) is 3.90. The molecule has 0 N–H and O–H groups in total. The molecule has 2 aliphatic heterocycles. The van der Waals surface area contributed by atoms with Crippen LogP contribution in [0.15, 0.2) is 30.5 Å². The van der Waals surface area contributed by atoms with Gasteiger partial charge in [-0.3, -0.25) is 4.90 Å². The molecule has 1 unspecified atom stereocenters. The molecule has 0 bridgehead atoms. The molecule has 2 saturated heterocycles. The fourth-order valence-electron chi connectivity index (χ4n) is 3.90. The third kappa shape index (κ3) is 3.38. The van der Waals surface area contributed by atoms with Crippen LogP contribution in [0.2, 0.25) is 0 Å². The van der Waals surface area contributed by atoms with Crippen LogP contribution in [0.1, 0.15) is 44.2 Å². The van der Waals surface area contributed by atoms with Gasteiger partial charge in [0.05, 0.1) is 6.20 Å². The van der Waals surface area contributed by atoms with E-state index in [4.69, 9.17) is 0 Å². The van der Waals surface area contributed by atoms with Gasteiger partial charge in [-0.1, -0.05) is 24.3 Å². The van der Waals surface area contributed by atoms with Crippen molar-refractivity contribution < 1.29 is 4.39 Å². The predicted octanol–water partition coefficient (Wildman–Crippen LogP) is 4.04. The number of hydrogen-bond acceptors (Lipinski definition) is 4. The van der Waals surface area contributed by atoms with Gasteiger partial charge in [0, 0.05) is 24.7 Å². The van der Waals surface area contributed by atoms with Gasteiger partial charge in [-0.15, -0.1) is 0 Å². The smallest absolute Gasteiger partial charge is 0.183 e. The Morgan fingerprint density at radius 3 is 2.28 bits per heavy atom. The van der Waals surface area contributed by atoms with Crippen molar-refractivity contribution in [1.29, 1.82) is 0 Å². The van der Waals surface area contributed by atoms with E-state index < -0.39 is 0 Å². The van der Waals surface area contributed by atoms with Crippen LogP contribution in [0.5, 0.6) is 0 Å². The number of likely N-dealkylation sites (tertiary alicyclic amines) is 1. The zero-order valence-corrected chi connectivity index (χ0v) is 14.8. The van der Waals surface area contributed by atoms with Crippen LogP contribution in [0.25, 0.3) is 11.4 Å². The Kier molecular flexibility index (Phi) is 4.66. The number of anilines is 1. The number of aromatic nitrogens is 2. The molecule has 1 aromatic heterocycles. The molecule has 0 aliphatic carbocycles. The van der Waals surface area contributed by atoms with Gasteiger partial charge < -0.3 is 4.90 Å². The Balaban J connectivity index is 1.56. The summed E-state index contributed by atoms with van der Waals surface area (Å²) in [5.41, 5.74) is 2.25. The summed E-state index contributed by atoms with van der Waals surface area (Å²) in [5.74, 6) is 0.714. The molecule has 2 aliphatic rings. The van der Waals surface area contributed by atoms with Gasteiger partial charge in [0.15, 0.2) is 17.5 Å². The molecular weight excluding hydrogens is 315 g/mol. The molecular formula is C20H25FN4. The van der Waals surface area contributed by atoms with Crippen LogP contribution < -0.4 is 4.90 Å². The lowest BCUT2D eigenvalue weighted by Crippen LogP contribution is -2.23. The van der Waals surface area contributed by atoms with Crippen LogP contribution in [0.4, 0.5) is 10.2 Å². The molecule has 1 atom stereocenters. The van der Waals surface area contributed by atoms with E-state index in [2.05, 4.69) is 46.1 Å². The molecule has 2 fully saturated rings. The van der Waals surface area contributed by atoms with Crippen molar-refractivity contribution in [2.24, 2.45) is 0 Å². The van der Waals surface area contributed by atoms with E-state index in [1.54, 1.807) is 0 Å². The second-order valence-corrected chi connectivity index (χ2v) is 7.10. The fraction of sp³-hybridized carbons (Fsp3) is 0.500. The summed E-state index contributed by atoms with van der Waals surface area (Å²) in [5, 5.41) is 0. The Morgan fingerprint density at radius 1 is 0.960 bits per heavy atom. The average molecular weight is 340 g/mol. The third-order valence-electron chi connectivity index (χ3n) is 5.47. The minimum atomic E-state index is -0.329. The number of hydrogen-bond donors (Lipinski definition) is 0. The van der Waals surface area contributed by atoms with Crippen LogP contribution in [0, 0.1) is 5.82 Å². The van der Waals surface area contributed by atoms with Gasteiger partial charge in [0.1, 0.15) is 0 Å². The summed E-state index contributed by atoms with van der Waals surface area (Å²) in [6, 6.07) is 8.86. The van der Waals surface area contributed by atoms with E-state index in [9.17, 15) is 4.39 Å². The second kappa shape index (κ2) is 7.08. The van der Waals surface area contributed by atoms with E-state index in [1.165, 1.54) is 37.7 Å². The maximum atomic E-state index is 14.1. The maximum absolute atomic E-state index is 14.1. The van der Waals surface area contributed by atoms with Crippen molar-refractivity contribution in [3.63, 3.8) is 0 Å². The first-order valence-electron chi connectivity index (χ1n) is 9.34. The standard InChI is InChI=1S/C20H25FN4/c1-15(24-10-2-3-11-24)16-6-8-17(9-7-16)19-22-14-18(21)20(23-19)25-12-4-5-13-25/h6-9,14-15H,2-5,10-13H2,1H3. The highest BCUT2D eigenvalue weighted by atomic mass is 19.1. The van der Waals surface area contributed by atoms with Gasteiger partial charge in [-0.05, 0) is 51.3 Å². The summed E-state index contributed by atoms with van der Waals surface area (Å²) in [7, 11) is 0. The summed E-state index contributed by atoms with van der Waals surface area (Å²) in [6.07, 6.45) is 6.09. The highest BCUT2D eigenvalue weighted by molar-refractivity contribution is 5.58. The molecule has 0 spiro atoms. The average Bonchev–Trinajstić information content (AvgIpc) is 3.35. The van der Waals surface area contributed by atoms with Crippen LogP contribution in [-0.4, -0.2) is 41.0 Å². The van der Waals surface area contributed by atoms with E-state index in [0.717, 1.165) is 31.5 Å². The van der Waals surface area contributed by atoms with Crippen LogP contribution in [0.3, 0.4) is 0 Å². The Bertz CT molecular complexity index is 719. The largest absolute Gasteiger partial charge is 0.354 e. The van der Waals surface area contributed by atoms with Gasteiger partial charge in [0.2, 0.25) is 0 Å². The molecule has 3 heterocycles. The normalized spacial score (nSPS) is 19.5. The molecule has 1 aromatic carbocycles. The molecule has 0 saturated carbocycles. The number of halogens is 1. The van der Waals surface area contributed by atoms with E-state index >= 15 is 0 Å². The molecule has 2 aromatic rings. The van der Waals surface area contributed by atoms with Gasteiger partial charge >= 0.3 is 0 Å². The zero-order chi connectivity index (χ0) is 17.2. The topological polar surface area (TPSA) is 32.3 Å². The van der Waals surface area contributed by atoms with Gasteiger partial charge in [0.25, 0.3) is 0 Å². The lowest BCUT2D eigenvalue weighted by molar-refractivity contribution is 0.263. The first-order valence-corrected chi connectivity index (χ1v) is 9.34. The Morgan fingerprint density at radius 2 is 1.60 bits per heavy atom. The quantitative estimate of drug-likeness (QED) is 0.841. The van der Waals surface area contributed by atoms with Gasteiger partial charge in [-0.25, -0.2) is 14.4 Å². The van der Waals surface area contributed by atoms with Crippen LogP contribution in [-0.2, 0) is 0 Å². The van der Waals surface area contributed by atoms with Crippen molar-refractivity contribution in [2.75, 3.05) is 31.1 Å². The minimum Gasteiger partial charge on any atom is -0.354 e. The number of rotatable bonds is 4. The van der Waals surface area contributed by atoms with E-state index in [-0.39, 0.29) is 5.82 Å². The van der Waals surface area contributed by atoms with Crippen molar-refractivity contribution in [2.45, 2.75) is 38.6 Å². The Labute approximate surface area is 148 Å². The Hall–Kier alpha value is -2.01. The molecule has 0 radical (unpaired) electrons. The number of benzene rings is 1. The van der Waals surface area contributed by atoms with E-state index in [1.807, 2.05) is 4.90 Å². The van der Waals surface area contributed by atoms with Crippen molar-refractivity contribution >= 4 is 5.82 Å². The molecule has 4 rings (SSSR count). The maximum Gasteiger partial charge on any atom is 0.183 e. The first-order chi connectivity index (χ1) is 12.2. The van der Waals surface area contributed by atoms with Crippen LogP contribution >= 0.6 is 0 Å². The van der Waals surface area contributed by atoms with E-state index in [0.29, 0.717) is 17.7 Å². The highest BCUT2D eigenvalue weighted by Gasteiger charge is 2.21. The summed E-state index contributed by atoms with van der Waals surface area (Å²) >= 11 is 0. The van der Waals surface area contributed by atoms with Gasteiger partial charge in [-0.2, -0.15) is 0 Å². The third-order valence-corrected chi connectivity index (χ3v) is 5.47. The molecule has 5 heteroatoms. The highest BCUT2D eigenvalue weighted by Crippen LogP contribution is 2.28. The summed E-state index contributed by atoms with van der Waals surface area (Å²) < 4.78 is 14.1. The second-order valence-electron chi connectivity index (χ2n) is 7.10. The molecule has 25 heavy (non-hydrogen) atoms. The van der Waals surface area contributed by atoms with Crippen molar-refractivity contribution in [3.05, 3.63) is 41.8 Å². The predicted molar refractivity (Wildman–Crippen MR) is 98.1 cm³/mol. The molecule has 132 valence electrons. The first kappa shape index (κ1) is 16.5. The SMILES string of the molecule is CC(c1ccc(-c2ncc(F)c(N3CCCC3)n2)cc1)N1CCCC1.